The molecule has 1 aromatic heterocycles. The standard InChI is InChI=1S/C14H13FN2O/c15-10-3-6-13(17-7-1-2-8-17)12(9-10)14(18)16-11-4-5-11/h1-3,6-9,11H,4-5H2,(H,16,18). The number of nitrogens with one attached hydrogen (secondary N) is 1. The number of hydrogen-bond acceptors (Lipinski definition) is 1. The molecule has 1 N–H and O–H groups in total. The molecule has 1 aromatic carbocycles. The lowest BCUT2D eigenvalue weighted by Crippen LogP contribution is -2.26. The van der Waals surface area contributed by atoms with Gasteiger partial charge in [-0.05, 0) is 43.2 Å². The van der Waals surface area contributed by atoms with Gasteiger partial charge < -0.3 is 9.88 Å². The van der Waals surface area contributed by atoms with Crippen molar-refractivity contribution in [1.29, 1.82) is 0 Å². The molecule has 1 heterocycles. The van der Waals surface area contributed by atoms with E-state index in [-0.39, 0.29) is 11.9 Å². The van der Waals surface area contributed by atoms with Gasteiger partial charge in [-0.15, -0.1) is 0 Å². The zero-order chi connectivity index (χ0) is 12.5. The number of rotatable bonds is 3. The summed E-state index contributed by atoms with van der Waals surface area (Å²) in [6, 6.07) is 8.27. The van der Waals surface area contributed by atoms with E-state index in [4.69, 9.17) is 0 Å². The fourth-order valence-electron chi connectivity index (χ4n) is 1.90. The van der Waals surface area contributed by atoms with Gasteiger partial charge in [0.25, 0.3) is 5.91 Å². The number of carbonyl (C=O) groups is 1. The van der Waals surface area contributed by atoms with Crippen LogP contribution in [0.25, 0.3) is 5.69 Å². The summed E-state index contributed by atoms with van der Waals surface area (Å²) in [5, 5.41) is 2.88. The van der Waals surface area contributed by atoms with Crippen LogP contribution in [0, 0.1) is 5.82 Å². The first kappa shape index (κ1) is 11.0. The summed E-state index contributed by atoms with van der Waals surface area (Å²) < 4.78 is 15.1. The highest BCUT2D eigenvalue weighted by Gasteiger charge is 2.25. The summed E-state index contributed by atoms with van der Waals surface area (Å²) >= 11 is 0. The predicted molar refractivity (Wildman–Crippen MR) is 66.2 cm³/mol. The van der Waals surface area contributed by atoms with E-state index in [2.05, 4.69) is 5.32 Å². The molecule has 4 heteroatoms. The summed E-state index contributed by atoms with van der Waals surface area (Å²) in [7, 11) is 0. The number of nitrogens with zero attached hydrogens (tertiary/aromatic N) is 1. The Morgan fingerprint density at radius 3 is 2.67 bits per heavy atom. The summed E-state index contributed by atoms with van der Waals surface area (Å²) in [6.07, 6.45) is 5.70. The molecule has 0 atom stereocenters. The summed E-state index contributed by atoms with van der Waals surface area (Å²) in [5.41, 5.74) is 1.07. The Balaban J connectivity index is 1.99. The predicted octanol–water partition coefficient (Wildman–Crippen LogP) is 2.51. The van der Waals surface area contributed by atoms with E-state index < -0.39 is 5.82 Å². The maximum atomic E-state index is 13.3. The summed E-state index contributed by atoms with van der Waals surface area (Å²) in [5.74, 6) is -0.604. The van der Waals surface area contributed by atoms with Crippen LogP contribution in [0.15, 0.2) is 42.7 Å². The van der Waals surface area contributed by atoms with E-state index in [1.54, 1.807) is 10.6 Å². The van der Waals surface area contributed by atoms with Crippen LogP contribution in [-0.2, 0) is 0 Å². The monoisotopic (exact) mass is 244 g/mol. The first-order chi connectivity index (χ1) is 8.74. The molecule has 0 radical (unpaired) electrons. The largest absolute Gasteiger partial charge is 0.349 e. The number of amides is 1. The zero-order valence-electron chi connectivity index (χ0n) is 9.77. The van der Waals surface area contributed by atoms with Crippen molar-refractivity contribution in [1.82, 2.24) is 9.88 Å². The molecule has 3 nitrogen and oxygen atoms in total. The molecule has 0 saturated heterocycles. The second-order valence-electron chi connectivity index (χ2n) is 4.50. The molecule has 0 unspecified atom stereocenters. The topological polar surface area (TPSA) is 34.0 Å². The smallest absolute Gasteiger partial charge is 0.253 e. The third-order valence-electron chi connectivity index (χ3n) is 3.00. The molecule has 0 aliphatic heterocycles. The lowest BCUT2D eigenvalue weighted by Gasteiger charge is -2.11. The molecule has 0 spiro atoms. The highest BCUT2D eigenvalue weighted by atomic mass is 19.1. The molecule has 18 heavy (non-hydrogen) atoms. The van der Waals surface area contributed by atoms with Crippen molar-refractivity contribution in [2.45, 2.75) is 18.9 Å². The number of benzene rings is 1. The molecule has 2 aromatic rings. The average molecular weight is 244 g/mol. The van der Waals surface area contributed by atoms with Gasteiger partial charge in [0.05, 0.1) is 11.3 Å². The van der Waals surface area contributed by atoms with Gasteiger partial charge >= 0.3 is 0 Å². The van der Waals surface area contributed by atoms with Crippen LogP contribution in [0.3, 0.4) is 0 Å². The SMILES string of the molecule is O=C(NC1CC1)c1cc(F)ccc1-n1cccc1. The van der Waals surface area contributed by atoms with Gasteiger partial charge in [-0.1, -0.05) is 0 Å². The van der Waals surface area contributed by atoms with E-state index in [0.717, 1.165) is 12.8 Å². The summed E-state index contributed by atoms with van der Waals surface area (Å²) in [4.78, 5) is 12.1. The molecule has 0 bridgehead atoms. The lowest BCUT2D eigenvalue weighted by atomic mass is 10.1. The van der Waals surface area contributed by atoms with Crippen molar-refractivity contribution in [3.63, 3.8) is 0 Å². The van der Waals surface area contributed by atoms with E-state index >= 15 is 0 Å². The van der Waals surface area contributed by atoms with E-state index in [0.29, 0.717) is 11.3 Å². The van der Waals surface area contributed by atoms with Gasteiger partial charge in [-0.25, -0.2) is 4.39 Å². The first-order valence-electron chi connectivity index (χ1n) is 5.98. The molecule has 1 amide bonds. The van der Waals surface area contributed by atoms with Crippen molar-refractivity contribution >= 4 is 5.91 Å². The molecule has 1 fully saturated rings. The molecule has 92 valence electrons. The second-order valence-corrected chi connectivity index (χ2v) is 4.50. The molecule has 1 aliphatic rings. The fraction of sp³-hybridized carbons (Fsp3) is 0.214. The van der Waals surface area contributed by atoms with E-state index in [9.17, 15) is 9.18 Å². The number of aromatic nitrogens is 1. The van der Waals surface area contributed by atoms with Crippen molar-refractivity contribution in [2.24, 2.45) is 0 Å². The van der Waals surface area contributed by atoms with Crippen LogP contribution in [0.1, 0.15) is 23.2 Å². The Bertz CT molecular complexity index is 573. The Labute approximate surface area is 104 Å². The Kier molecular flexibility index (Phi) is 2.63. The maximum absolute atomic E-state index is 13.3. The van der Waals surface area contributed by atoms with Gasteiger partial charge in [-0.2, -0.15) is 0 Å². The van der Waals surface area contributed by atoms with Gasteiger partial charge in [0.15, 0.2) is 0 Å². The number of hydrogen-bond donors (Lipinski definition) is 1. The Morgan fingerprint density at radius 1 is 1.28 bits per heavy atom. The molecular formula is C14H13FN2O. The van der Waals surface area contributed by atoms with Crippen LogP contribution in [-0.4, -0.2) is 16.5 Å². The first-order valence-corrected chi connectivity index (χ1v) is 5.98. The van der Waals surface area contributed by atoms with E-state index in [1.807, 2.05) is 24.5 Å². The maximum Gasteiger partial charge on any atom is 0.253 e. The van der Waals surface area contributed by atoms with Crippen LogP contribution >= 0.6 is 0 Å². The van der Waals surface area contributed by atoms with Crippen molar-refractivity contribution < 1.29 is 9.18 Å². The van der Waals surface area contributed by atoms with Gasteiger partial charge in [0.1, 0.15) is 5.82 Å². The van der Waals surface area contributed by atoms with Crippen molar-refractivity contribution in [3.05, 3.63) is 54.1 Å². The van der Waals surface area contributed by atoms with Gasteiger partial charge in [0, 0.05) is 18.4 Å². The normalized spacial score (nSPS) is 14.5. The van der Waals surface area contributed by atoms with Gasteiger partial charge in [-0.3, -0.25) is 4.79 Å². The zero-order valence-corrected chi connectivity index (χ0v) is 9.77. The quantitative estimate of drug-likeness (QED) is 0.884. The Morgan fingerprint density at radius 2 is 2.00 bits per heavy atom. The molecular weight excluding hydrogens is 231 g/mol. The van der Waals surface area contributed by atoms with Crippen molar-refractivity contribution in [2.75, 3.05) is 0 Å². The minimum atomic E-state index is -0.396. The average Bonchev–Trinajstić information content (AvgIpc) is 3.01. The number of carbonyl (C=O) groups excluding carboxylic acids is 1. The second kappa shape index (κ2) is 4.29. The fourth-order valence-corrected chi connectivity index (χ4v) is 1.90. The summed E-state index contributed by atoms with van der Waals surface area (Å²) in [6.45, 7) is 0. The molecule has 3 rings (SSSR count). The van der Waals surface area contributed by atoms with Crippen LogP contribution in [0.2, 0.25) is 0 Å². The van der Waals surface area contributed by atoms with Crippen molar-refractivity contribution in [3.8, 4) is 5.69 Å². The minimum Gasteiger partial charge on any atom is -0.349 e. The molecule has 1 aliphatic carbocycles. The molecule has 1 saturated carbocycles. The third-order valence-corrected chi connectivity index (χ3v) is 3.00. The lowest BCUT2D eigenvalue weighted by molar-refractivity contribution is 0.0950. The highest BCUT2D eigenvalue weighted by molar-refractivity contribution is 5.98. The van der Waals surface area contributed by atoms with Crippen LogP contribution in [0.4, 0.5) is 4.39 Å². The minimum absolute atomic E-state index is 0.208. The van der Waals surface area contributed by atoms with Gasteiger partial charge in [0.2, 0.25) is 0 Å². The van der Waals surface area contributed by atoms with Crippen LogP contribution < -0.4 is 5.32 Å². The third kappa shape index (κ3) is 2.14. The Hall–Kier alpha value is -2.10. The number of halogens is 1. The highest BCUT2D eigenvalue weighted by Crippen LogP contribution is 2.21. The van der Waals surface area contributed by atoms with E-state index in [1.165, 1.54) is 12.1 Å². The van der Waals surface area contributed by atoms with Crippen LogP contribution in [0.5, 0.6) is 0 Å².